The Morgan fingerprint density at radius 1 is 0.654 bits per heavy atom. The lowest BCUT2D eigenvalue weighted by atomic mass is 9.95. The molecule has 26 heavy (non-hydrogen) atoms. The van der Waals surface area contributed by atoms with Gasteiger partial charge in [-0.1, -0.05) is 56.2 Å². The van der Waals surface area contributed by atoms with Crippen molar-refractivity contribution in [1.29, 1.82) is 0 Å². The lowest BCUT2D eigenvalue weighted by molar-refractivity contribution is 0.616. The third-order valence-electron chi connectivity index (χ3n) is 5.54. The van der Waals surface area contributed by atoms with Gasteiger partial charge < -0.3 is 4.42 Å². The van der Waals surface area contributed by atoms with Crippen LogP contribution in [-0.4, -0.2) is 0 Å². The average molecular weight is 338 g/mol. The van der Waals surface area contributed by atoms with Gasteiger partial charge in [-0.05, 0) is 75.0 Å². The molecule has 0 aliphatic rings. The molecule has 5 aromatic rings. The summed E-state index contributed by atoms with van der Waals surface area (Å²) < 4.78 is 5.56. The fourth-order valence-corrected chi connectivity index (χ4v) is 4.12. The minimum Gasteiger partial charge on any atom is -0.464 e. The molecule has 0 N–H and O–H groups in total. The SMILES string of the molecule is CCCCCc1ccc2cc3c(ccc4c5ccoc5ccc34)cc2c1. The molecular formula is C25H22O. The van der Waals surface area contributed by atoms with Gasteiger partial charge in [-0.25, -0.2) is 0 Å². The Bertz CT molecular complexity index is 1240. The molecular weight excluding hydrogens is 316 g/mol. The molecule has 0 spiro atoms. The molecule has 0 aliphatic heterocycles. The van der Waals surface area contributed by atoms with E-state index in [1.165, 1.54) is 69.0 Å². The number of unbranched alkanes of at least 4 members (excludes halogenated alkanes) is 2. The Balaban J connectivity index is 1.69. The molecule has 0 saturated heterocycles. The van der Waals surface area contributed by atoms with Crippen LogP contribution in [0.3, 0.4) is 0 Å². The zero-order valence-electron chi connectivity index (χ0n) is 15.1. The minimum absolute atomic E-state index is 0.953. The van der Waals surface area contributed by atoms with Gasteiger partial charge in [0.15, 0.2) is 0 Å². The van der Waals surface area contributed by atoms with E-state index < -0.39 is 0 Å². The van der Waals surface area contributed by atoms with Crippen molar-refractivity contribution < 1.29 is 4.42 Å². The van der Waals surface area contributed by atoms with Gasteiger partial charge in [-0.2, -0.15) is 0 Å². The van der Waals surface area contributed by atoms with Crippen LogP contribution in [0.4, 0.5) is 0 Å². The van der Waals surface area contributed by atoms with E-state index in [-0.39, 0.29) is 0 Å². The Morgan fingerprint density at radius 3 is 2.42 bits per heavy atom. The van der Waals surface area contributed by atoms with Crippen molar-refractivity contribution in [2.75, 3.05) is 0 Å². The van der Waals surface area contributed by atoms with Gasteiger partial charge in [-0.3, -0.25) is 0 Å². The van der Waals surface area contributed by atoms with Crippen molar-refractivity contribution in [1.82, 2.24) is 0 Å². The molecule has 0 bridgehead atoms. The highest BCUT2D eigenvalue weighted by Gasteiger charge is 2.08. The largest absolute Gasteiger partial charge is 0.464 e. The first kappa shape index (κ1) is 15.5. The molecule has 5 rings (SSSR count). The summed E-state index contributed by atoms with van der Waals surface area (Å²) in [4.78, 5) is 0. The average Bonchev–Trinajstić information content (AvgIpc) is 3.15. The van der Waals surface area contributed by atoms with Crippen molar-refractivity contribution in [3.63, 3.8) is 0 Å². The summed E-state index contributed by atoms with van der Waals surface area (Å²) >= 11 is 0. The molecule has 0 radical (unpaired) electrons. The molecule has 0 fully saturated rings. The molecule has 0 atom stereocenters. The third-order valence-corrected chi connectivity index (χ3v) is 5.54. The predicted octanol–water partition coefficient (Wildman–Crippen LogP) is 7.63. The number of hydrogen-bond donors (Lipinski definition) is 0. The van der Waals surface area contributed by atoms with Crippen LogP contribution in [0.25, 0.3) is 43.3 Å². The molecule has 128 valence electrons. The second-order valence-electron chi connectivity index (χ2n) is 7.27. The first-order chi connectivity index (χ1) is 12.8. The summed E-state index contributed by atoms with van der Waals surface area (Å²) in [5.41, 5.74) is 2.40. The number of furan rings is 1. The smallest absolute Gasteiger partial charge is 0.134 e. The van der Waals surface area contributed by atoms with Gasteiger partial charge in [0.1, 0.15) is 5.58 Å². The van der Waals surface area contributed by atoms with Gasteiger partial charge in [0.25, 0.3) is 0 Å². The van der Waals surface area contributed by atoms with E-state index >= 15 is 0 Å². The van der Waals surface area contributed by atoms with Crippen LogP contribution >= 0.6 is 0 Å². The van der Waals surface area contributed by atoms with Crippen molar-refractivity contribution >= 4 is 43.3 Å². The second-order valence-corrected chi connectivity index (χ2v) is 7.27. The quantitative estimate of drug-likeness (QED) is 0.186. The summed E-state index contributed by atoms with van der Waals surface area (Å²) in [5, 5.41) is 9.03. The lowest BCUT2D eigenvalue weighted by Gasteiger charge is -2.09. The predicted molar refractivity (Wildman–Crippen MR) is 112 cm³/mol. The molecule has 0 unspecified atom stereocenters. The summed E-state index contributed by atoms with van der Waals surface area (Å²) in [6.45, 7) is 2.26. The van der Waals surface area contributed by atoms with Gasteiger partial charge in [0.05, 0.1) is 6.26 Å². The van der Waals surface area contributed by atoms with Crippen LogP contribution in [0.15, 0.2) is 71.3 Å². The van der Waals surface area contributed by atoms with E-state index in [1.807, 2.05) is 0 Å². The van der Waals surface area contributed by atoms with Gasteiger partial charge in [0, 0.05) is 5.39 Å². The third kappa shape index (κ3) is 2.47. The number of aryl methyl sites for hydroxylation is 1. The topological polar surface area (TPSA) is 13.1 Å². The van der Waals surface area contributed by atoms with Crippen molar-refractivity contribution in [2.45, 2.75) is 32.6 Å². The maximum Gasteiger partial charge on any atom is 0.134 e. The van der Waals surface area contributed by atoms with Crippen LogP contribution in [0.2, 0.25) is 0 Å². The van der Waals surface area contributed by atoms with E-state index in [1.54, 1.807) is 6.26 Å². The monoisotopic (exact) mass is 338 g/mol. The molecule has 0 saturated carbocycles. The van der Waals surface area contributed by atoms with E-state index in [0.29, 0.717) is 0 Å². The summed E-state index contributed by atoms with van der Waals surface area (Å²) in [7, 11) is 0. The number of hydrogen-bond acceptors (Lipinski definition) is 1. The van der Waals surface area contributed by atoms with Gasteiger partial charge in [-0.15, -0.1) is 0 Å². The van der Waals surface area contributed by atoms with Gasteiger partial charge in [0.2, 0.25) is 0 Å². The Labute approximate surface area is 153 Å². The van der Waals surface area contributed by atoms with E-state index in [4.69, 9.17) is 4.42 Å². The van der Waals surface area contributed by atoms with Crippen molar-refractivity contribution in [3.8, 4) is 0 Å². The second kappa shape index (κ2) is 6.17. The Kier molecular flexibility index (Phi) is 3.67. The maximum atomic E-state index is 5.56. The fourth-order valence-electron chi connectivity index (χ4n) is 4.12. The summed E-state index contributed by atoms with van der Waals surface area (Å²) in [6, 6.07) is 22.4. The standard InChI is InChI=1S/C25H22O/c1-2-3-4-5-17-6-7-18-16-24-19(15-20(18)14-17)8-9-21-22(24)10-11-25-23(21)12-13-26-25/h6-16H,2-5H2,1H3. The fraction of sp³-hybridized carbons (Fsp3) is 0.200. The first-order valence-electron chi connectivity index (χ1n) is 9.59. The maximum absolute atomic E-state index is 5.56. The minimum atomic E-state index is 0.953. The van der Waals surface area contributed by atoms with Crippen LogP contribution in [0.5, 0.6) is 0 Å². The van der Waals surface area contributed by atoms with E-state index in [9.17, 15) is 0 Å². The van der Waals surface area contributed by atoms with Crippen LogP contribution in [0, 0.1) is 0 Å². The van der Waals surface area contributed by atoms with E-state index in [2.05, 4.69) is 67.6 Å². The van der Waals surface area contributed by atoms with Crippen LogP contribution in [-0.2, 0) is 6.42 Å². The summed E-state index contributed by atoms with van der Waals surface area (Å²) in [5.74, 6) is 0. The van der Waals surface area contributed by atoms with Crippen LogP contribution < -0.4 is 0 Å². The van der Waals surface area contributed by atoms with Crippen LogP contribution in [0.1, 0.15) is 31.7 Å². The number of benzene rings is 4. The molecule has 1 aromatic heterocycles. The Morgan fingerprint density at radius 2 is 1.50 bits per heavy atom. The Hall–Kier alpha value is -2.80. The molecule has 4 aromatic carbocycles. The van der Waals surface area contributed by atoms with E-state index in [0.717, 1.165) is 5.58 Å². The van der Waals surface area contributed by atoms with Crippen molar-refractivity contribution in [2.24, 2.45) is 0 Å². The highest BCUT2D eigenvalue weighted by molar-refractivity contribution is 6.18. The van der Waals surface area contributed by atoms with Crippen molar-refractivity contribution in [3.05, 3.63) is 72.5 Å². The highest BCUT2D eigenvalue weighted by atomic mass is 16.3. The first-order valence-corrected chi connectivity index (χ1v) is 9.59. The highest BCUT2D eigenvalue weighted by Crippen LogP contribution is 2.34. The van der Waals surface area contributed by atoms with Gasteiger partial charge >= 0.3 is 0 Å². The zero-order valence-corrected chi connectivity index (χ0v) is 15.1. The normalized spacial score (nSPS) is 11.9. The summed E-state index contributed by atoms with van der Waals surface area (Å²) in [6.07, 6.45) is 6.81. The molecule has 1 nitrogen and oxygen atoms in total. The number of fused-ring (bicyclic) bond motifs is 6. The number of rotatable bonds is 4. The lowest BCUT2D eigenvalue weighted by Crippen LogP contribution is -1.86. The molecule has 1 heterocycles. The molecule has 0 aliphatic carbocycles. The molecule has 1 heteroatoms. The zero-order chi connectivity index (χ0) is 17.5. The molecule has 0 amide bonds.